The molecular formula is C20H17BrN2O3. The molecule has 5 nitrogen and oxygen atoms in total. The molecule has 0 aliphatic rings. The number of aromatic nitrogens is 2. The largest absolute Gasteiger partial charge is 0.449 e. The first-order valence-corrected chi connectivity index (χ1v) is 8.81. The number of nitrogens with zero attached hydrogens (tertiary/aromatic N) is 1. The number of pyridine rings is 2. The van der Waals surface area contributed by atoms with Gasteiger partial charge in [0.2, 0.25) is 0 Å². The van der Waals surface area contributed by atoms with Gasteiger partial charge in [-0.05, 0) is 53.5 Å². The van der Waals surface area contributed by atoms with Gasteiger partial charge in [0.15, 0.2) is 6.10 Å². The number of rotatable bonds is 4. The number of H-pyrrole nitrogens is 1. The zero-order chi connectivity index (χ0) is 18.7. The fourth-order valence-corrected chi connectivity index (χ4v) is 2.93. The number of benzene rings is 1. The van der Waals surface area contributed by atoms with Crippen LogP contribution in [0.3, 0.4) is 0 Å². The molecule has 0 fully saturated rings. The first kappa shape index (κ1) is 18.1. The summed E-state index contributed by atoms with van der Waals surface area (Å²) in [4.78, 5) is 31.4. The van der Waals surface area contributed by atoms with Crippen LogP contribution in [0.2, 0.25) is 0 Å². The van der Waals surface area contributed by atoms with Crippen LogP contribution in [-0.2, 0) is 4.74 Å². The summed E-state index contributed by atoms with van der Waals surface area (Å²) in [6, 6.07) is 12.7. The lowest BCUT2D eigenvalue weighted by molar-refractivity contribution is 0.0375. The van der Waals surface area contributed by atoms with Gasteiger partial charge in [0.05, 0.1) is 0 Å². The molecule has 26 heavy (non-hydrogen) atoms. The molecule has 0 saturated carbocycles. The number of carbonyl (C=O) groups excluding carboxylic acids is 1. The molecule has 0 bridgehead atoms. The molecule has 1 aromatic carbocycles. The number of esters is 1. The highest BCUT2D eigenvalue weighted by Gasteiger charge is 2.22. The number of ether oxygens (including phenoxy) is 1. The van der Waals surface area contributed by atoms with Crippen LogP contribution in [0, 0.1) is 13.8 Å². The second-order valence-corrected chi connectivity index (χ2v) is 6.93. The Balaban J connectivity index is 1.99. The zero-order valence-corrected chi connectivity index (χ0v) is 15.9. The fraction of sp³-hybridized carbons (Fsp3) is 0.150. The van der Waals surface area contributed by atoms with Crippen molar-refractivity contribution in [2.24, 2.45) is 0 Å². The summed E-state index contributed by atoms with van der Waals surface area (Å²) in [5, 5.41) is 0. The summed E-state index contributed by atoms with van der Waals surface area (Å²) in [5.41, 5.74) is 2.78. The van der Waals surface area contributed by atoms with E-state index in [4.69, 9.17) is 4.74 Å². The van der Waals surface area contributed by atoms with Gasteiger partial charge in [0, 0.05) is 28.1 Å². The smallest absolute Gasteiger partial charge is 0.344 e. The van der Waals surface area contributed by atoms with Gasteiger partial charge in [-0.25, -0.2) is 4.79 Å². The van der Waals surface area contributed by atoms with Crippen LogP contribution in [0.1, 0.15) is 38.8 Å². The third-order valence-electron chi connectivity index (χ3n) is 3.91. The Bertz CT molecular complexity index is 996. The maximum atomic E-state index is 12.6. The monoisotopic (exact) mass is 412 g/mol. The highest BCUT2D eigenvalue weighted by atomic mass is 79.9. The van der Waals surface area contributed by atoms with E-state index in [-0.39, 0.29) is 5.56 Å². The maximum Gasteiger partial charge on any atom is 0.344 e. The number of carbonyl (C=O) groups is 1. The first-order chi connectivity index (χ1) is 12.4. The average Bonchev–Trinajstić information content (AvgIpc) is 2.60. The SMILES string of the molecule is Cc1ccc(C(OC(=O)c2ccc(C)[nH]c2=O)c2cncc(Br)c2)cc1. The van der Waals surface area contributed by atoms with Crippen LogP contribution < -0.4 is 5.56 Å². The van der Waals surface area contributed by atoms with Crippen LogP contribution in [0.25, 0.3) is 0 Å². The third-order valence-corrected chi connectivity index (χ3v) is 4.34. The van der Waals surface area contributed by atoms with Crippen LogP contribution in [-0.4, -0.2) is 15.9 Å². The van der Waals surface area contributed by atoms with E-state index < -0.39 is 17.6 Å². The maximum absolute atomic E-state index is 12.6. The highest BCUT2D eigenvalue weighted by Crippen LogP contribution is 2.28. The topological polar surface area (TPSA) is 72.1 Å². The van der Waals surface area contributed by atoms with Gasteiger partial charge in [-0.2, -0.15) is 0 Å². The summed E-state index contributed by atoms with van der Waals surface area (Å²) < 4.78 is 6.48. The van der Waals surface area contributed by atoms with Gasteiger partial charge in [0.1, 0.15) is 5.56 Å². The molecule has 0 spiro atoms. The van der Waals surface area contributed by atoms with Crippen LogP contribution in [0.4, 0.5) is 0 Å². The van der Waals surface area contributed by atoms with Gasteiger partial charge >= 0.3 is 5.97 Å². The molecule has 6 heteroatoms. The second-order valence-electron chi connectivity index (χ2n) is 6.02. The Morgan fingerprint density at radius 3 is 2.46 bits per heavy atom. The number of hydrogen-bond donors (Lipinski definition) is 1. The number of aryl methyl sites for hydroxylation is 2. The van der Waals surface area contributed by atoms with E-state index in [1.54, 1.807) is 25.4 Å². The molecular weight excluding hydrogens is 396 g/mol. The van der Waals surface area contributed by atoms with Crippen LogP contribution in [0.5, 0.6) is 0 Å². The molecule has 2 aromatic heterocycles. The molecule has 1 N–H and O–H groups in total. The zero-order valence-electron chi connectivity index (χ0n) is 14.3. The summed E-state index contributed by atoms with van der Waals surface area (Å²) >= 11 is 3.39. The number of aromatic amines is 1. The predicted octanol–water partition coefficient (Wildman–Crippen LogP) is 4.10. The average molecular weight is 413 g/mol. The van der Waals surface area contributed by atoms with Crippen molar-refractivity contribution in [3.8, 4) is 0 Å². The van der Waals surface area contributed by atoms with Crippen molar-refractivity contribution in [2.75, 3.05) is 0 Å². The van der Waals surface area contributed by atoms with Gasteiger partial charge in [0.25, 0.3) is 5.56 Å². The third kappa shape index (κ3) is 4.08. The summed E-state index contributed by atoms with van der Waals surface area (Å²) in [7, 11) is 0. The van der Waals surface area contributed by atoms with Crippen molar-refractivity contribution in [2.45, 2.75) is 20.0 Å². The molecule has 0 aliphatic heterocycles. The molecule has 3 aromatic rings. The molecule has 2 heterocycles. The molecule has 3 rings (SSSR count). The van der Waals surface area contributed by atoms with Crippen LogP contribution >= 0.6 is 15.9 Å². The normalized spacial score (nSPS) is 11.8. The van der Waals surface area contributed by atoms with Crippen molar-refractivity contribution in [1.82, 2.24) is 9.97 Å². The Hall–Kier alpha value is -2.73. The molecule has 0 saturated heterocycles. The van der Waals surface area contributed by atoms with Crippen molar-refractivity contribution < 1.29 is 9.53 Å². The molecule has 0 amide bonds. The standard InChI is InChI=1S/C20H17BrN2O3/c1-12-3-6-14(7-4-12)18(15-9-16(21)11-22-10-15)26-20(25)17-8-5-13(2)23-19(17)24/h3-11,18H,1-2H3,(H,23,24). The van der Waals surface area contributed by atoms with Crippen molar-refractivity contribution in [1.29, 1.82) is 0 Å². The van der Waals surface area contributed by atoms with Gasteiger partial charge < -0.3 is 9.72 Å². The quantitative estimate of drug-likeness (QED) is 0.654. The molecule has 0 radical (unpaired) electrons. The lowest BCUT2D eigenvalue weighted by atomic mass is 10.0. The predicted molar refractivity (Wildman–Crippen MR) is 102 cm³/mol. The lowest BCUT2D eigenvalue weighted by Crippen LogP contribution is -2.22. The number of hydrogen-bond acceptors (Lipinski definition) is 4. The second kappa shape index (κ2) is 7.66. The van der Waals surface area contributed by atoms with Gasteiger partial charge in [-0.3, -0.25) is 9.78 Å². The van der Waals surface area contributed by atoms with E-state index in [0.717, 1.165) is 15.6 Å². The molecule has 132 valence electrons. The van der Waals surface area contributed by atoms with Crippen molar-refractivity contribution in [3.05, 3.63) is 97.6 Å². The Morgan fingerprint density at radius 2 is 1.81 bits per heavy atom. The Kier molecular flexibility index (Phi) is 5.32. The summed E-state index contributed by atoms with van der Waals surface area (Å²) in [5.74, 6) is -0.684. The number of halogens is 1. The number of nitrogens with one attached hydrogen (secondary N) is 1. The van der Waals surface area contributed by atoms with Crippen molar-refractivity contribution >= 4 is 21.9 Å². The molecule has 0 aliphatic carbocycles. The highest BCUT2D eigenvalue weighted by molar-refractivity contribution is 9.10. The lowest BCUT2D eigenvalue weighted by Gasteiger charge is -2.19. The molecule has 1 unspecified atom stereocenters. The van der Waals surface area contributed by atoms with E-state index in [9.17, 15) is 9.59 Å². The minimum Gasteiger partial charge on any atom is -0.449 e. The van der Waals surface area contributed by atoms with Gasteiger partial charge in [-0.1, -0.05) is 29.8 Å². The van der Waals surface area contributed by atoms with E-state index in [1.165, 1.54) is 6.07 Å². The first-order valence-electron chi connectivity index (χ1n) is 8.02. The van der Waals surface area contributed by atoms with Gasteiger partial charge in [-0.15, -0.1) is 0 Å². The summed E-state index contributed by atoms with van der Waals surface area (Å²) in [6.07, 6.45) is 2.62. The molecule has 1 atom stereocenters. The fourth-order valence-electron chi connectivity index (χ4n) is 2.54. The van der Waals surface area contributed by atoms with E-state index in [0.29, 0.717) is 11.3 Å². The van der Waals surface area contributed by atoms with E-state index >= 15 is 0 Å². The summed E-state index contributed by atoms with van der Waals surface area (Å²) in [6.45, 7) is 3.73. The minimum absolute atomic E-state index is 0.0318. The minimum atomic E-state index is -0.684. The Labute approximate surface area is 159 Å². The van der Waals surface area contributed by atoms with Crippen LogP contribution in [0.15, 0.2) is 64.1 Å². The van der Waals surface area contributed by atoms with E-state index in [1.807, 2.05) is 37.3 Å². The van der Waals surface area contributed by atoms with E-state index in [2.05, 4.69) is 25.9 Å². The van der Waals surface area contributed by atoms with Crippen molar-refractivity contribution in [3.63, 3.8) is 0 Å². The Morgan fingerprint density at radius 1 is 1.08 bits per heavy atom.